The highest BCUT2D eigenvalue weighted by Crippen LogP contribution is 2.24. The third-order valence-corrected chi connectivity index (χ3v) is 4.65. The van der Waals surface area contributed by atoms with Gasteiger partial charge in [-0.05, 0) is 58.1 Å². The van der Waals surface area contributed by atoms with Gasteiger partial charge >= 0.3 is 0 Å². The molecule has 0 aliphatic carbocycles. The SMILES string of the molecule is Cc1ccc(C(=O)N2CC[C@@H](CN(C)C)[C@H](O)C2)cc1OCCCN. The number of benzene rings is 1. The van der Waals surface area contributed by atoms with Crippen LogP contribution in [0.2, 0.25) is 0 Å². The van der Waals surface area contributed by atoms with E-state index in [0.717, 1.165) is 30.7 Å². The zero-order chi connectivity index (χ0) is 18.4. The lowest BCUT2D eigenvalue weighted by Gasteiger charge is -2.37. The van der Waals surface area contributed by atoms with E-state index in [1.165, 1.54) is 0 Å². The van der Waals surface area contributed by atoms with E-state index in [1.807, 2.05) is 33.2 Å². The van der Waals surface area contributed by atoms with Crippen LogP contribution in [0.1, 0.15) is 28.8 Å². The summed E-state index contributed by atoms with van der Waals surface area (Å²) in [7, 11) is 4.01. The van der Waals surface area contributed by atoms with Gasteiger partial charge in [0.25, 0.3) is 5.91 Å². The van der Waals surface area contributed by atoms with Gasteiger partial charge in [-0.2, -0.15) is 0 Å². The molecule has 1 fully saturated rings. The number of hydrogen-bond donors (Lipinski definition) is 2. The van der Waals surface area contributed by atoms with E-state index in [1.54, 1.807) is 11.0 Å². The fourth-order valence-corrected chi connectivity index (χ4v) is 3.18. The number of hydrogen-bond acceptors (Lipinski definition) is 5. The Morgan fingerprint density at radius 1 is 1.44 bits per heavy atom. The normalized spacial score (nSPS) is 20.8. The molecule has 6 heteroatoms. The zero-order valence-corrected chi connectivity index (χ0v) is 15.6. The van der Waals surface area contributed by atoms with Crippen LogP contribution < -0.4 is 10.5 Å². The topological polar surface area (TPSA) is 79.0 Å². The fourth-order valence-electron chi connectivity index (χ4n) is 3.18. The number of β-amino-alcohol motifs (C(OH)–C–C–N with tert-alkyl or cyclic N) is 1. The van der Waals surface area contributed by atoms with Crippen molar-refractivity contribution in [3.05, 3.63) is 29.3 Å². The zero-order valence-electron chi connectivity index (χ0n) is 15.6. The summed E-state index contributed by atoms with van der Waals surface area (Å²) in [6, 6.07) is 5.53. The lowest BCUT2D eigenvalue weighted by Crippen LogP contribution is -2.49. The van der Waals surface area contributed by atoms with E-state index in [-0.39, 0.29) is 11.8 Å². The summed E-state index contributed by atoms with van der Waals surface area (Å²) >= 11 is 0. The van der Waals surface area contributed by atoms with Crippen LogP contribution in [0.5, 0.6) is 5.75 Å². The number of piperidine rings is 1. The molecule has 0 unspecified atom stereocenters. The number of aryl methyl sites for hydroxylation is 1. The van der Waals surface area contributed by atoms with Gasteiger partial charge in [-0.15, -0.1) is 0 Å². The van der Waals surface area contributed by atoms with Gasteiger partial charge in [0.1, 0.15) is 5.75 Å². The van der Waals surface area contributed by atoms with Crippen LogP contribution in [0.15, 0.2) is 18.2 Å². The van der Waals surface area contributed by atoms with Crippen molar-refractivity contribution in [3.63, 3.8) is 0 Å². The van der Waals surface area contributed by atoms with Crippen LogP contribution in [-0.2, 0) is 0 Å². The number of likely N-dealkylation sites (tertiary alicyclic amines) is 1. The van der Waals surface area contributed by atoms with Crippen molar-refractivity contribution in [3.8, 4) is 5.75 Å². The Kier molecular flexibility index (Phi) is 7.23. The average Bonchev–Trinajstić information content (AvgIpc) is 2.57. The van der Waals surface area contributed by atoms with Crippen LogP contribution in [0.3, 0.4) is 0 Å². The third-order valence-electron chi connectivity index (χ3n) is 4.65. The van der Waals surface area contributed by atoms with Crippen LogP contribution in [0.25, 0.3) is 0 Å². The first-order valence-corrected chi connectivity index (χ1v) is 8.98. The Labute approximate surface area is 150 Å². The van der Waals surface area contributed by atoms with Gasteiger partial charge in [-0.3, -0.25) is 4.79 Å². The maximum atomic E-state index is 12.8. The number of nitrogens with two attached hydrogens (primary N) is 1. The molecule has 1 aliphatic heterocycles. The Balaban J connectivity index is 2.02. The molecule has 0 radical (unpaired) electrons. The molecule has 3 N–H and O–H groups in total. The van der Waals surface area contributed by atoms with Gasteiger partial charge in [0.15, 0.2) is 0 Å². The summed E-state index contributed by atoms with van der Waals surface area (Å²) in [5.74, 6) is 0.889. The van der Waals surface area contributed by atoms with Crippen molar-refractivity contribution in [1.82, 2.24) is 9.80 Å². The van der Waals surface area contributed by atoms with E-state index in [0.29, 0.717) is 31.8 Å². The maximum absolute atomic E-state index is 12.8. The molecule has 25 heavy (non-hydrogen) atoms. The van der Waals surface area contributed by atoms with Crippen molar-refractivity contribution >= 4 is 5.91 Å². The summed E-state index contributed by atoms with van der Waals surface area (Å²) < 4.78 is 5.73. The van der Waals surface area contributed by atoms with Gasteiger partial charge in [0, 0.05) is 31.1 Å². The molecular weight excluding hydrogens is 318 g/mol. The fraction of sp³-hybridized carbons (Fsp3) is 0.632. The lowest BCUT2D eigenvalue weighted by atomic mass is 9.93. The molecule has 0 spiro atoms. The van der Waals surface area contributed by atoms with Gasteiger partial charge < -0.3 is 25.4 Å². The molecular formula is C19H31N3O3. The highest BCUT2D eigenvalue weighted by atomic mass is 16.5. The molecule has 1 aromatic carbocycles. The lowest BCUT2D eigenvalue weighted by molar-refractivity contribution is 0.0124. The number of aliphatic hydroxyl groups excluding tert-OH is 1. The molecule has 1 amide bonds. The average molecular weight is 349 g/mol. The molecule has 6 nitrogen and oxygen atoms in total. The van der Waals surface area contributed by atoms with Crippen LogP contribution in [0, 0.1) is 12.8 Å². The predicted molar refractivity (Wildman–Crippen MR) is 98.9 cm³/mol. The molecule has 1 saturated heterocycles. The van der Waals surface area contributed by atoms with Gasteiger partial charge in [-0.25, -0.2) is 0 Å². The number of carbonyl (C=O) groups excluding carboxylic acids is 1. The quantitative estimate of drug-likeness (QED) is 0.721. The number of aliphatic hydroxyl groups is 1. The summed E-state index contributed by atoms with van der Waals surface area (Å²) in [5, 5.41) is 10.4. The monoisotopic (exact) mass is 349 g/mol. The van der Waals surface area contributed by atoms with E-state index >= 15 is 0 Å². The first kappa shape index (κ1) is 19.7. The van der Waals surface area contributed by atoms with Crippen LogP contribution in [0.4, 0.5) is 0 Å². The molecule has 0 bridgehead atoms. The second-order valence-corrected chi connectivity index (χ2v) is 7.10. The summed E-state index contributed by atoms with van der Waals surface area (Å²) in [5.41, 5.74) is 7.09. The third kappa shape index (κ3) is 5.42. The number of amides is 1. The molecule has 1 aliphatic rings. The van der Waals surface area contributed by atoms with Crippen LogP contribution >= 0.6 is 0 Å². The molecule has 0 saturated carbocycles. The Hall–Kier alpha value is -1.63. The minimum absolute atomic E-state index is 0.0500. The molecule has 0 aromatic heterocycles. The van der Waals surface area contributed by atoms with E-state index in [4.69, 9.17) is 10.5 Å². The summed E-state index contributed by atoms with van der Waals surface area (Å²) in [6.07, 6.45) is 1.12. The summed E-state index contributed by atoms with van der Waals surface area (Å²) in [4.78, 5) is 16.6. The van der Waals surface area contributed by atoms with Gasteiger partial charge in [-0.1, -0.05) is 6.07 Å². The second-order valence-electron chi connectivity index (χ2n) is 7.10. The van der Waals surface area contributed by atoms with Crippen LogP contribution in [-0.4, -0.2) is 73.8 Å². The molecule has 2 atom stereocenters. The molecule has 1 heterocycles. The highest BCUT2D eigenvalue weighted by Gasteiger charge is 2.30. The van der Waals surface area contributed by atoms with Crippen molar-refractivity contribution in [2.45, 2.75) is 25.9 Å². The van der Waals surface area contributed by atoms with Gasteiger partial charge in [0.05, 0.1) is 12.7 Å². The minimum Gasteiger partial charge on any atom is -0.493 e. The molecule has 1 aromatic rings. The Morgan fingerprint density at radius 2 is 2.20 bits per heavy atom. The number of rotatable bonds is 7. The Bertz CT molecular complexity index is 577. The molecule has 140 valence electrons. The number of ether oxygens (including phenoxy) is 1. The van der Waals surface area contributed by atoms with Gasteiger partial charge in [0.2, 0.25) is 0 Å². The van der Waals surface area contributed by atoms with Crippen molar-refractivity contribution in [2.24, 2.45) is 11.7 Å². The standard InChI is InChI=1S/C19H31N3O3/c1-14-5-6-15(11-18(14)25-10-4-8-20)19(24)22-9-7-16(12-21(2)3)17(23)13-22/h5-6,11,16-17,23H,4,7-10,12-13,20H2,1-3H3/t16-,17+/m0/s1. The smallest absolute Gasteiger partial charge is 0.254 e. The van der Waals surface area contributed by atoms with E-state index < -0.39 is 6.10 Å². The molecule has 2 rings (SSSR count). The van der Waals surface area contributed by atoms with E-state index in [9.17, 15) is 9.90 Å². The maximum Gasteiger partial charge on any atom is 0.254 e. The highest BCUT2D eigenvalue weighted by molar-refractivity contribution is 5.94. The van der Waals surface area contributed by atoms with Crippen molar-refractivity contribution in [1.29, 1.82) is 0 Å². The van der Waals surface area contributed by atoms with Crippen molar-refractivity contribution in [2.75, 3.05) is 46.9 Å². The first-order valence-electron chi connectivity index (χ1n) is 8.98. The second kappa shape index (κ2) is 9.17. The van der Waals surface area contributed by atoms with E-state index in [2.05, 4.69) is 4.90 Å². The predicted octanol–water partition coefficient (Wildman–Crippen LogP) is 1.11. The largest absolute Gasteiger partial charge is 0.493 e. The van der Waals surface area contributed by atoms with Crippen molar-refractivity contribution < 1.29 is 14.6 Å². The number of nitrogens with zero attached hydrogens (tertiary/aromatic N) is 2. The summed E-state index contributed by atoms with van der Waals surface area (Å²) in [6.45, 7) is 4.98. The Morgan fingerprint density at radius 3 is 2.84 bits per heavy atom. The minimum atomic E-state index is -0.481. The first-order chi connectivity index (χ1) is 11.9. The number of carbonyl (C=O) groups is 1.